The third-order valence-electron chi connectivity index (χ3n) is 4.09. The molecule has 0 unspecified atom stereocenters. The van der Waals surface area contributed by atoms with Gasteiger partial charge in [0.1, 0.15) is 11.5 Å². The molecule has 1 N–H and O–H groups in total. The Hall–Kier alpha value is -0.0700. The minimum atomic E-state index is -3.45. The molecule has 0 aromatic heterocycles. The van der Waals surface area contributed by atoms with Crippen LogP contribution in [0.5, 0.6) is 0 Å². The highest BCUT2D eigenvalue weighted by atomic mass is 32.3. The molecule has 0 aromatic carbocycles. The monoisotopic (exact) mass is 369 g/mol. The summed E-state index contributed by atoms with van der Waals surface area (Å²) in [7, 11) is -5.32. The van der Waals surface area contributed by atoms with Crippen LogP contribution in [0.4, 0.5) is 0 Å². The van der Waals surface area contributed by atoms with Gasteiger partial charge in [0.2, 0.25) is 0 Å². The van der Waals surface area contributed by atoms with Crippen LogP contribution in [0.3, 0.4) is 0 Å². The van der Waals surface area contributed by atoms with E-state index in [1.807, 2.05) is 34.6 Å². The molecule has 0 spiro atoms. The van der Waals surface area contributed by atoms with Crippen molar-refractivity contribution >= 4 is 26.2 Å². The second kappa shape index (κ2) is 10.7. The van der Waals surface area contributed by atoms with Crippen molar-refractivity contribution in [2.24, 2.45) is 0 Å². The van der Waals surface area contributed by atoms with Gasteiger partial charge >= 0.3 is 10.1 Å². The highest BCUT2D eigenvalue weighted by molar-refractivity contribution is 8.33. The first-order chi connectivity index (χ1) is 10.6. The molecule has 0 bridgehead atoms. The summed E-state index contributed by atoms with van der Waals surface area (Å²) in [6, 6.07) is 0. The van der Waals surface area contributed by atoms with Gasteiger partial charge in [-0.25, -0.2) is 0 Å². The number of carbonyl (C=O) groups is 1. The van der Waals surface area contributed by atoms with Gasteiger partial charge in [-0.05, 0) is 50.8 Å². The van der Waals surface area contributed by atoms with Gasteiger partial charge < -0.3 is 0 Å². The number of hydrogen-bond acceptors (Lipinski definition) is 3. The van der Waals surface area contributed by atoms with Crippen LogP contribution >= 0.6 is 10.3 Å². The number of ketones is 1. The SMILES string of the molecule is CCCCCC(=O)CS([OH+]S(=O)(=O)CCCC)(C(C)C)C(C)C. The Morgan fingerprint density at radius 1 is 0.913 bits per heavy atom. The van der Waals surface area contributed by atoms with Crippen molar-refractivity contribution in [2.75, 3.05) is 11.5 Å². The number of carbonyl (C=O) groups excluding carboxylic acids is 1. The molecule has 4 nitrogen and oxygen atoms in total. The molecule has 0 saturated carbocycles. The molecule has 0 aliphatic heterocycles. The maximum absolute atomic E-state index is 12.4. The molecule has 0 atom stereocenters. The lowest BCUT2D eigenvalue weighted by molar-refractivity contribution is -0.116. The van der Waals surface area contributed by atoms with Gasteiger partial charge in [-0.1, -0.05) is 33.1 Å². The molecular weight excluding hydrogens is 332 g/mol. The quantitative estimate of drug-likeness (QED) is 0.263. The van der Waals surface area contributed by atoms with Crippen LogP contribution in [0.1, 0.15) is 80.1 Å². The van der Waals surface area contributed by atoms with Crippen LogP contribution in [0.15, 0.2) is 0 Å². The Balaban J connectivity index is 5.21. The lowest BCUT2D eigenvalue weighted by Crippen LogP contribution is -2.35. The predicted molar refractivity (Wildman–Crippen MR) is 103 cm³/mol. The molecule has 0 fully saturated rings. The summed E-state index contributed by atoms with van der Waals surface area (Å²) < 4.78 is 29.2. The molecule has 0 amide bonds. The zero-order valence-electron chi connectivity index (χ0n) is 15.8. The minimum absolute atomic E-state index is 0.0917. The molecule has 0 aromatic rings. The Morgan fingerprint density at radius 2 is 1.43 bits per heavy atom. The second-order valence-electron chi connectivity index (χ2n) is 6.76. The Kier molecular flexibility index (Phi) is 10.7. The van der Waals surface area contributed by atoms with Gasteiger partial charge in [-0.15, -0.1) is 0 Å². The van der Waals surface area contributed by atoms with E-state index >= 15 is 0 Å². The first-order valence-electron chi connectivity index (χ1n) is 8.88. The van der Waals surface area contributed by atoms with Crippen LogP contribution in [-0.4, -0.2) is 39.8 Å². The predicted octanol–water partition coefficient (Wildman–Crippen LogP) is 4.90. The van der Waals surface area contributed by atoms with Crippen molar-refractivity contribution in [1.29, 1.82) is 0 Å². The van der Waals surface area contributed by atoms with Crippen LogP contribution < -0.4 is 0 Å². The van der Waals surface area contributed by atoms with E-state index in [2.05, 4.69) is 10.6 Å². The van der Waals surface area contributed by atoms with Crippen LogP contribution in [-0.2, 0) is 14.9 Å². The first kappa shape index (κ1) is 22.9. The summed E-state index contributed by atoms with van der Waals surface area (Å²) in [5, 5.41) is 0.183. The fourth-order valence-corrected chi connectivity index (χ4v) is 9.20. The average molecular weight is 370 g/mol. The molecule has 140 valence electrons. The summed E-state index contributed by atoms with van der Waals surface area (Å²) in [5.74, 6) is 0.587. The fraction of sp³-hybridized carbons (Fsp3) is 0.941. The van der Waals surface area contributed by atoms with Crippen molar-refractivity contribution in [1.82, 2.24) is 0 Å². The van der Waals surface area contributed by atoms with E-state index in [0.717, 1.165) is 25.7 Å². The lowest BCUT2D eigenvalue weighted by Gasteiger charge is -2.40. The van der Waals surface area contributed by atoms with Gasteiger partial charge in [0.05, 0.1) is 5.75 Å². The molecule has 6 heteroatoms. The molecule has 0 radical (unpaired) electrons. The maximum Gasteiger partial charge on any atom is 0.390 e. The van der Waals surface area contributed by atoms with Gasteiger partial charge in [-0.2, -0.15) is 8.42 Å². The molecule has 0 heterocycles. The van der Waals surface area contributed by atoms with E-state index in [0.29, 0.717) is 18.6 Å². The van der Waals surface area contributed by atoms with Crippen molar-refractivity contribution in [3.8, 4) is 0 Å². The van der Waals surface area contributed by atoms with E-state index < -0.39 is 20.4 Å². The summed E-state index contributed by atoms with van der Waals surface area (Å²) in [5.41, 5.74) is 0. The summed E-state index contributed by atoms with van der Waals surface area (Å²) in [6.07, 6.45) is 5.02. The largest absolute Gasteiger partial charge is 0.390 e. The highest BCUT2D eigenvalue weighted by Crippen LogP contribution is 2.56. The van der Waals surface area contributed by atoms with Gasteiger partial charge in [0, 0.05) is 16.9 Å². The minimum Gasteiger partial charge on any atom is -0.299 e. The number of rotatable bonds is 13. The van der Waals surface area contributed by atoms with Crippen molar-refractivity contribution in [3.63, 3.8) is 0 Å². The molecule has 0 saturated heterocycles. The zero-order valence-corrected chi connectivity index (χ0v) is 17.4. The molecule has 0 aliphatic carbocycles. The van der Waals surface area contributed by atoms with E-state index in [-0.39, 0.29) is 22.0 Å². The third-order valence-corrected chi connectivity index (χ3v) is 11.0. The first-order valence-corrected chi connectivity index (χ1v) is 12.4. The zero-order chi connectivity index (χ0) is 18.1. The lowest BCUT2D eigenvalue weighted by atomic mass is 10.2. The van der Waals surface area contributed by atoms with Gasteiger partial charge in [0.15, 0.2) is 0 Å². The van der Waals surface area contributed by atoms with Gasteiger partial charge in [-0.3, -0.25) is 8.42 Å². The molecule has 23 heavy (non-hydrogen) atoms. The van der Waals surface area contributed by atoms with Crippen molar-refractivity contribution in [2.45, 2.75) is 90.6 Å². The Morgan fingerprint density at radius 3 is 1.87 bits per heavy atom. The van der Waals surface area contributed by atoms with E-state index in [4.69, 9.17) is 0 Å². The van der Waals surface area contributed by atoms with Gasteiger partial charge in [0.25, 0.3) is 0 Å². The topological polar surface area (TPSA) is 64.0 Å². The molecular formula is C17H37O4S2+. The van der Waals surface area contributed by atoms with E-state index in [9.17, 15) is 13.2 Å². The molecule has 0 rings (SSSR count). The summed E-state index contributed by atoms with van der Waals surface area (Å²) >= 11 is 0. The average Bonchev–Trinajstić information content (AvgIpc) is 2.44. The fourth-order valence-electron chi connectivity index (χ4n) is 2.55. The van der Waals surface area contributed by atoms with Crippen molar-refractivity contribution in [3.05, 3.63) is 0 Å². The number of Topliss-reactive ketones (excluding diaryl/α,β-unsaturated/α-hetero) is 1. The van der Waals surface area contributed by atoms with Crippen LogP contribution in [0.2, 0.25) is 0 Å². The Labute approximate surface area is 145 Å². The van der Waals surface area contributed by atoms with Crippen LogP contribution in [0, 0.1) is 0 Å². The second-order valence-corrected chi connectivity index (χ2v) is 12.7. The van der Waals surface area contributed by atoms with Crippen LogP contribution in [0.25, 0.3) is 0 Å². The van der Waals surface area contributed by atoms with E-state index in [1.165, 1.54) is 0 Å². The maximum atomic E-state index is 12.4. The molecule has 0 aliphatic rings. The smallest absolute Gasteiger partial charge is 0.299 e. The summed E-state index contributed by atoms with van der Waals surface area (Å²) in [4.78, 5) is 12.4. The highest BCUT2D eigenvalue weighted by Gasteiger charge is 2.43. The third kappa shape index (κ3) is 8.03. The standard InChI is InChI=1S/C17H36O4S2/c1-7-9-11-12-17(18)14-22(15(3)4,16(5)6)21-23(19,20)13-10-8-2/h15-16H,7-14H2,1-6H3/p+1. The van der Waals surface area contributed by atoms with Crippen molar-refractivity contribution < 1.29 is 16.8 Å². The van der Waals surface area contributed by atoms with E-state index in [1.54, 1.807) is 0 Å². The number of hydrogen-bond donors (Lipinski definition) is 0. The number of unbranched alkanes of at least 4 members (excludes halogenated alkanes) is 3. The summed E-state index contributed by atoms with van der Waals surface area (Å²) in [6.45, 7) is 12.1. The Bertz CT molecular complexity index is 434. The normalized spacial score (nSPS) is 13.7.